The van der Waals surface area contributed by atoms with Gasteiger partial charge in [-0.3, -0.25) is 9.78 Å². The Kier molecular flexibility index (Phi) is 4.53. The Bertz CT molecular complexity index is 826. The number of likely N-dealkylation sites (tertiary alicyclic amines) is 1. The molecule has 2 saturated heterocycles. The molecule has 0 unspecified atom stereocenters. The van der Waals surface area contributed by atoms with Crippen LogP contribution >= 0.6 is 0 Å². The molecule has 2 aromatic rings. The molecule has 0 radical (unpaired) electrons. The summed E-state index contributed by atoms with van der Waals surface area (Å²) in [6.07, 6.45) is 5.70. The van der Waals surface area contributed by atoms with Gasteiger partial charge < -0.3 is 19.1 Å². The monoisotopic (exact) mass is 380 g/mol. The highest BCUT2D eigenvalue weighted by Gasteiger charge is 2.51. The molecule has 3 aliphatic heterocycles. The summed E-state index contributed by atoms with van der Waals surface area (Å²) in [5, 5.41) is 0. The van der Waals surface area contributed by atoms with E-state index in [-0.39, 0.29) is 17.6 Å². The molecule has 1 aromatic heterocycles. The molecule has 146 valence electrons. The smallest absolute Gasteiger partial charge is 0.264 e. The maximum absolute atomic E-state index is 12.8. The molecule has 0 aliphatic carbocycles. The summed E-state index contributed by atoms with van der Waals surface area (Å²) < 4.78 is 18.0. The van der Waals surface area contributed by atoms with Gasteiger partial charge in [-0.1, -0.05) is 24.3 Å². The molecule has 0 N–H and O–H groups in total. The highest BCUT2D eigenvalue weighted by atomic mass is 16.5. The Morgan fingerprint density at radius 1 is 1.25 bits per heavy atom. The molecule has 2 fully saturated rings. The van der Waals surface area contributed by atoms with Crippen molar-refractivity contribution in [2.75, 3.05) is 19.7 Å². The highest BCUT2D eigenvalue weighted by Crippen LogP contribution is 2.37. The van der Waals surface area contributed by atoms with Crippen LogP contribution in [-0.4, -0.2) is 53.3 Å². The Hall–Kier alpha value is -2.44. The van der Waals surface area contributed by atoms with Crippen molar-refractivity contribution in [2.45, 2.75) is 43.7 Å². The van der Waals surface area contributed by atoms with Crippen molar-refractivity contribution in [2.24, 2.45) is 0 Å². The first-order valence-electron chi connectivity index (χ1n) is 9.89. The minimum absolute atomic E-state index is 0.0591. The van der Waals surface area contributed by atoms with Gasteiger partial charge in [0.15, 0.2) is 6.10 Å². The molecule has 6 heteroatoms. The number of aromatic nitrogens is 1. The Balaban J connectivity index is 1.14. The van der Waals surface area contributed by atoms with Gasteiger partial charge in [0.1, 0.15) is 11.4 Å². The largest absolute Gasteiger partial charge is 0.480 e. The minimum Gasteiger partial charge on any atom is -0.480 e. The van der Waals surface area contributed by atoms with Gasteiger partial charge in [0.05, 0.1) is 25.8 Å². The number of rotatable bonds is 4. The van der Waals surface area contributed by atoms with Crippen LogP contribution in [0, 0.1) is 0 Å². The fourth-order valence-corrected chi connectivity index (χ4v) is 4.37. The Morgan fingerprint density at radius 2 is 2.14 bits per heavy atom. The number of nitrogens with zero attached hydrogens (tertiary/aromatic N) is 2. The third-order valence-corrected chi connectivity index (χ3v) is 5.85. The quantitative estimate of drug-likeness (QED) is 0.815. The van der Waals surface area contributed by atoms with E-state index in [1.54, 1.807) is 6.20 Å². The lowest BCUT2D eigenvalue weighted by Crippen LogP contribution is -2.68. The number of ether oxygens (including phenoxy) is 3. The number of pyridine rings is 1. The molecule has 2 atom stereocenters. The first kappa shape index (κ1) is 17.6. The first-order valence-corrected chi connectivity index (χ1v) is 9.89. The SMILES string of the molecule is O=C([C@H]1Cc2ccccc2O1)N1CC2(C[C@H](OCc3cccnc3)CCO2)C1. The molecule has 1 aromatic carbocycles. The van der Waals surface area contributed by atoms with Crippen molar-refractivity contribution in [1.82, 2.24) is 9.88 Å². The van der Waals surface area contributed by atoms with Crippen LogP contribution in [0.3, 0.4) is 0 Å². The van der Waals surface area contributed by atoms with Gasteiger partial charge >= 0.3 is 0 Å². The van der Waals surface area contributed by atoms with Crippen LogP contribution in [-0.2, 0) is 27.3 Å². The molecule has 28 heavy (non-hydrogen) atoms. The summed E-state index contributed by atoms with van der Waals surface area (Å²) >= 11 is 0. The van der Waals surface area contributed by atoms with Crippen LogP contribution in [0.2, 0.25) is 0 Å². The zero-order valence-corrected chi connectivity index (χ0v) is 15.8. The van der Waals surface area contributed by atoms with E-state index in [9.17, 15) is 4.79 Å². The summed E-state index contributed by atoms with van der Waals surface area (Å²) in [4.78, 5) is 18.8. The van der Waals surface area contributed by atoms with Gasteiger partial charge in [-0.15, -0.1) is 0 Å². The van der Waals surface area contributed by atoms with Crippen LogP contribution in [0.5, 0.6) is 5.75 Å². The van der Waals surface area contributed by atoms with Gasteiger partial charge in [-0.2, -0.15) is 0 Å². The molecular formula is C22H24N2O4. The second-order valence-corrected chi connectivity index (χ2v) is 7.93. The van der Waals surface area contributed by atoms with Gasteiger partial charge in [0.2, 0.25) is 0 Å². The molecule has 1 spiro atoms. The zero-order valence-electron chi connectivity index (χ0n) is 15.8. The number of para-hydroxylation sites is 1. The van der Waals surface area contributed by atoms with Crippen molar-refractivity contribution in [3.05, 3.63) is 59.9 Å². The minimum atomic E-state index is -0.407. The summed E-state index contributed by atoms with van der Waals surface area (Å²) in [6, 6.07) is 11.8. The lowest BCUT2D eigenvalue weighted by Gasteiger charge is -2.53. The van der Waals surface area contributed by atoms with Gasteiger partial charge in [0, 0.05) is 31.8 Å². The van der Waals surface area contributed by atoms with Crippen LogP contribution in [0.15, 0.2) is 48.8 Å². The molecule has 6 nitrogen and oxygen atoms in total. The lowest BCUT2D eigenvalue weighted by atomic mass is 9.84. The number of hydrogen-bond acceptors (Lipinski definition) is 5. The average Bonchev–Trinajstić information content (AvgIpc) is 3.15. The van der Waals surface area contributed by atoms with E-state index < -0.39 is 6.10 Å². The third-order valence-electron chi connectivity index (χ3n) is 5.85. The summed E-state index contributed by atoms with van der Waals surface area (Å²) in [6.45, 7) is 2.47. The van der Waals surface area contributed by atoms with E-state index >= 15 is 0 Å². The molecule has 1 amide bonds. The second kappa shape index (κ2) is 7.18. The summed E-state index contributed by atoms with van der Waals surface area (Å²) in [7, 11) is 0. The third kappa shape index (κ3) is 3.38. The summed E-state index contributed by atoms with van der Waals surface area (Å²) in [5.74, 6) is 0.887. The van der Waals surface area contributed by atoms with Crippen molar-refractivity contribution in [3.8, 4) is 5.75 Å². The standard InChI is InChI=1S/C22H24N2O4/c25-21(20-10-17-5-1-2-6-19(17)28-20)24-14-22(15-24)11-18(7-9-27-22)26-13-16-4-3-8-23-12-16/h1-6,8,12,18,20H,7,9-11,13-15H2/t18-,20-/m1/s1. The molecule has 0 saturated carbocycles. The molecule has 5 rings (SSSR count). The fraction of sp³-hybridized carbons (Fsp3) is 0.455. The predicted molar refractivity (Wildman–Crippen MR) is 102 cm³/mol. The number of carbonyl (C=O) groups excluding carboxylic acids is 1. The topological polar surface area (TPSA) is 60.9 Å². The maximum atomic E-state index is 12.8. The normalized spacial score (nSPS) is 25.1. The second-order valence-electron chi connectivity index (χ2n) is 7.93. The molecule has 3 aliphatic rings. The first-order chi connectivity index (χ1) is 13.7. The molecule has 4 heterocycles. The number of amides is 1. The average molecular weight is 380 g/mol. The number of hydrogen-bond donors (Lipinski definition) is 0. The zero-order chi connectivity index (χ0) is 19.0. The van der Waals surface area contributed by atoms with E-state index in [1.807, 2.05) is 47.5 Å². The van der Waals surface area contributed by atoms with Crippen LogP contribution in [0.25, 0.3) is 0 Å². The van der Waals surface area contributed by atoms with E-state index in [0.29, 0.717) is 32.7 Å². The molecular weight excluding hydrogens is 356 g/mol. The van der Waals surface area contributed by atoms with E-state index in [0.717, 1.165) is 29.7 Å². The van der Waals surface area contributed by atoms with Gasteiger partial charge in [-0.05, 0) is 29.7 Å². The van der Waals surface area contributed by atoms with Crippen molar-refractivity contribution >= 4 is 5.91 Å². The van der Waals surface area contributed by atoms with E-state index in [1.165, 1.54) is 0 Å². The highest BCUT2D eigenvalue weighted by molar-refractivity contribution is 5.83. The number of fused-ring (bicyclic) bond motifs is 1. The van der Waals surface area contributed by atoms with E-state index in [2.05, 4.69) is 4.98 Å². The summed E-state index contributed by atoms with van der Waals surface area (Å²) in [5.41, 5.74) is 1.92. The van der Waals surface area contributed by atoms with Crippen molar-refractivity contribution < 1.29 is 19.0 Å². The fourth-order valence-electron chi connectivity index (χ4n) is 4.37. The van der Waals surface area contributed by atoms with E-state index in [4.69, 9.17) is 14.2 Å². The number of carbonyl (C=O) groups is 1. The van der Waals surface area contributed by atoms with Gasteiger partial charge in [-0.25, -0.2) is 0 Å². The predicted octanol–water partition coefficient (Wildman–Crippen LogP) is 2.36. The van der Waals surface area contributed by atoms with Crippen LogP contribution in [0.1, 0.15) is 24.0 Å². The van der Waals surface area contributed by atoms with Crippen LogP contribution < -0.4 is 4.74 Å². The lowest BCUT2D eigenvalue weighted by molar-refractivity contribution is -0.205. The molecule has 0 bridgehead atoms. The Labute approximate surface area is 164 Å². The van der Waals surface area contributed by atoms with Crippen molar-refractivity contribution in [1.29, 1.82) is 0 Å². The van der Waals surface area contributed by atoms with Gasteiger partial charge in [0.25, 0.3) is 5.91 Å². The van der Waals surface area contributed by atoms with Crippen LogP contribution in [0.4, 0.5) is 0 Å². The van der Waals surface area contributed by atoms with Crippen molar-refractivity contribution in [3.63, 3.8) is 0 Å². The maximum Gasteiger partial charge on any atom is 0.264 e. The Morgan fingerprint density at radius 3 is 2.96 bits per heavy atom. The number of benzene rings is 1.